The smallest absolute Gasteiger partial charge is 0.408 e. The summed E-state index contributed by atoms with van der Waals surface area (Å²) >= 11 is 0. The Hall–Kier alpha value is -2.04. The molecule has 5 heteroatoms. The van der Waals surface area contributed by atoms with E-state index in [1.54, 1.807) is 27.8 Å². The van der Waals surface area contributed by atoms with E-state index in [1.807, 2.05) is 30.3 Å². The standard InChI is InChI=1S/C16H24N2O3/c1-16(2,3)21-15(20)18-13(14(19)17-4)11-10-12-8-6-5-7-9-12/h5-9,13H,10-11H2,1-4H3,(H,17,19)(H,18,20)/t13-/m0/s1. The van der Waals surface area contributed by atoms with Crippen molar-refractivity contribution in [3.05, 3.63) is 35.9 Å². The van der Waals surface area contributed by atoms with Crippen molar-refractivity contribution in [1.29, 1.82) is 0 Å². The van der Waals surface area contributed by atoms with Gasteiger partial charge in [0.2, 0.25) is 5.91 Å². The average molecular weight is 292 g/mol. The summed E-state index contributed by atoms with van der Waals surface area (Å²) in [5.74, 6) is -0.225. The molecule has 0 aliphatic heterocycles. The van der Waals surface area contributed by atoms with E-state index in [0.29, 0.717) is 12.8 Å². The minimum Gasteiger partial charge on any atom is -0.444 e. The van der Waals surface area contributed by atoms with Gasteiger partial charge in [-0.25, -0.2) is 4.79 Å². The fraction of sp³-hybridized carbons (Fsp3) is 0.500. The molecule has 0 aromatic heterocycles. The number of benzene rings is 1. The van der Waals surface area contributed by atoms with Crippen molar-refractivity contribution in [2.45, 2.75) is 45.3 Å². The van der Waals surface area contributed by atoms with E-state index in [1.165, 1.54) is 0 Å². The van der Waals surface area contributed by atoms with Crippen LogP contribution < -0.4 is 10.6 Å². The molecule has 0 bridgehead atoms. The number of carbonyl (C=O) groups is 2. The lowest BCUT2D eigenvalue weighted by Gasteiger charge is -2.23. The number of amides is 2. The summed E-state index contributed by atoms with van der Waals surface area (Å²) in [6, 6.07) is 9.23. The SMILES string of the molecule is CNC(=O)[C@H](CCc1ccccc1)NC(=O)OC(C)(C)C. The van der Waals surface area contributed by atoms with E-state index in [2.05, 4.69) is 10.6 Å². The molecular formula is C16H24N2O3. The zero-order chi connectivity index (χ0) is 15.9. The summed E-state index contributed by atoms with van der Waals surface area (Å²) in [5.41, 5.74) is 0.536. The van der Waals surface area contributed by atoms with Crippen LogP contribution in [-0.4, -0.2) is 30.7 Å². The molecule has 116 valence electrons. The summed E-state index contributed by atoms with van der Waals surface area (Å²) in [4.78, 5) is 23.6. The highest BCUT2D eigenvalue weighted by atomic mass is 16.6. The predicted octanol–water partition coefficient (Wildman–Crippen LogP) is 2.26. The molecule has 0 heterocycles. The zero-order valence-corrected chi connectivity index (χ0v) is 13.1. The predicted molar refractivity (Wildman–Crippen MR) is 82.0 cm³/mol. The molecule has 1 aromatic carbocycles. The maximum absolute atomic E-state index is 11.9. The third-order valence-corrected chi connectivity index (χ3v) is 2.82. The molecule has 0 fully saturated rings. The second-order valence-corrected chi connectivity index (χ2v) is 5.84. The molecule has 0 aliphatic rings. The van der Waals surface area contributed by atoms with Crippen molar-refractivity contribution in [1.82, 2.24) is 10.6 Å². The van der Waals surface area contributed by atoms with E-state index < -0.39 is 17.7 Å². The van der Waals surface area contributed by atoms with Crippen LogP contribution in [0.15, 0.2) is 30.3 Å². The first kappa shape index (κ1) is 17.0. The first-order chi connectivity index (χ1) is 9.81. The van der Waals surface area contributed by atoms with Crippen LogP contribution in [0.2, 0.25) is 0 Å². The lowest BCUT2D eigenvalue weighted by atomic mass is 10.0. The molecular weight excluding hydrogens is 268 g/mol. The van der Waals surface area contributed by atoms with Crippen molar-refractivity contribution in [2.75, 3.05) is 7.05 Å². The number of carbonyl (C=O) groups excluding carboxylic acids is 2. The summed E-state index contributed by atoms with van der Waals surface area (Å²) in [6.45, 7) is 5.35. The van der Waals surface area contributed by atoms with Gasteiger partial charge in [-0.1, -0.05) is 30.3 Å². The molecule has 1 atom stereocenters. The average Bonchev–Trinajstić information content (AvgIpc) is 2.41. The maximum atomic E-state index is 11.9. The van der Waals surface area contributed by atoms with Gasteiger partial charge in [-0.3, -0.25) is 4.79 Å². The first-order valence-electron chi connectivity index (χ1n) is 7.07. The van der Waals surface area contributed by atoms with Gasteiger partial charge in [0.05, 0.1) is 0 Å². The summed E-state index contributed by atoms with van der Waals surface area (Å²) < 4.78 is 5.18. The lowest BCUT2D eigenvalue weighted by Crippen LogP contribution is -2.47. The maximum Gasteiger partial charge on any atom is 0.408 e. The Bertz CT molecular complexity index is 466. The molecule has 2 amide bonds. The summed E-state index contributed by atoms with van der Waals surface area (Å²) in [6.07, 6.45) is 0.640. The van der Waals surface area contributed by atoms with E-state index >= 15 is 0 Å². The Balaban J connectivity index is 2.60. The van der Waals surface area contributed by atoms with E-state index in [-0.39, 0.29) is 5.91 Å². The number of ether oxygens (including phenoxy) is 1. The highest BCUT2D eigenvalue weighted by Gasteiger charge is 2.23. The van der Waals surface area contributed by atoms with Crippen LogP contribution in [0.25, 0.3) is 0 Å². The van der Waals surface area contributed by atoms with Gasteiger partial charge in [-0.05, 0) is 39.2 Å². The van der Waals surface area contributed by atoms with Crippen LogP contribution in [0.1, 0.15) is 32.8 Å². The first-order valence-corrected chi connectivity index (χ1v) is 7.07. The Labute approximate surface area is 126 Å². The number of aryl methyl sites for hydroxylation is 1. The second kappa shape index (κ2) is 7.67. The van der Waals surface area contributed by atoms with Gasteiger partial charge in [0.1, 0.15) is 11.6 Å². The van der Waals surface area contributed by atoms with Crippen molar-refractivity contribution < 1.29 is 14.3 Å². The van der Waals surface area contributed by atoms with Crippen LogP contribution in [0, 0.1) is 0 Å². The third kappa shape index (κ3) is 6.79. The minimum absolute atomic E-state index is 0.225. The molecule has 21 heavy (non-hydrogen) atoms. The molecule has 2 N–H and O–H groups in total. The number of nitrogens with one attached hydrogen (secondary N) is 2. The minimum atomic E-state index is -0.606. The van der Waals surface area contributed by atoms with Gasteiger partial charge < -0.3 is 15.4 Å². The van der Waals surface area contributed by atoms with E-state index in [4.69, 9.17) is 4.74 Å². The van der Waals surface area contributed by atoms with Gasteiger partial charge in [0.15, 0.2) is 0 Å². The monoisotopic (exact) mass is 292 g/mol. The van der Waals surface area contributed by atoms with Crippen molar-refractivity contribution in [2.24, 2.45) is 0 Å². The van der Waals surface area contributed by atoms with E-state index in [0.717, 1.165) is 5.56 Å². The number of hydrogen-bond donors (Lipinski definition) is 2. The number of rotatable bonds is 5. The molecule has 0 saturated heterocycles. The Morgan fingerprint density at radius 2 is 1.81 bits per heavy atom. The van der Waals surface area contributed by atoms with Crippen molar-refractivity contribution >= 4 is 12.0 Å². The molecule has 0 unspecified atom stereocenters. The van der Waals surface area contributed by atoms with Crippen molar-refractivity contribution in [3.63, 3.8) is 0 Å². The number of likely N-dealkylation sites (N-methyl/N-ethyl adjacent to an activating group) is 1. The number of alkyl carbamates (subject to hydrolysis) is 1. The Morgan fingerprint density at radius 1 is 1.19 bits per heavy atom. The summed E-state index contributed by atoms with van der Waals surface area (Å²) in [7, 11) is 1.55. The van der Waals surface area contributed by atoms with Crippen LogP contribution in [-0.2, 0) is 16.0 Å². The van der Waals surface area contributed by atoms with Crippen LogP contribution in [0.5, 0.6) is 0 Å². The molecule has 0 radical (unpaired) electrons. The second-order valence-electron chi connectivity index (χ2n) is 5.84. The molecule has 0 aliphatic carbocycles. The van der Waals surface area contributed by atoms with E-state index in [9.17, 15) is 9.59 Å². The highest BCUT2D eigenvalue weighted by molar-refractivity contribution is 5.85. The zero-order valence-electron chi connectivity index (χ0n) is 13.1. The third-order valence-electron chi connectivity index (χ3n) is 2.82. The molecule has 0 saturated carbocycles. The van der Waals surface area contributed by atoms with Crippen LogP contribution in [0.4, 0.5) is 4.79 Å². The summed E-state index contributed by atoms with van der Waals surface area (Å²) in [5, 5.41) is 5.18. The largest absolute Gasteiger partial charge is 0.444 e. The van der Waals surface area contributed by atoms with Crippen molar-refractivity contribution in [3.8, 4) is 0 Å². The van der Waals surface area contributed by atoms with Crippen LogP contribution >= 0.6 is 0 Å². The normalized spacial score (nSPS) is 12.4. The van der Waals surface area contributed by atoms with Gasteiger partial charge in [-0.2, -0.15) is 0 Å². The topological polar surface area (TPSA) is 67.4 Å². The van der Waals surface area contributed by atoms with Gasteiger partial charge in [0, 0.05) is 7.05 Å². The van der Waals surface area contributed by atoms with Gasteiger partial charge in [-0.15, -0.1) is 0 Å². The quantitative estimate of drug-likeness (QED) is 0.874. The fourth-order valence-corrected chi connectivity index (χ4v) is 1.85. The Kier molecular flexibility index (Phi) is 6.21. The fourth-order valence-electron chi connectivity index (χ4n) is 1.85. The Morgan fingerprint density at radius 3 is 2.33 bits per heavy atom. The molecule has 1 rings (SSSR count). The number of hydrogen-bond acceptors (Lipinski definition) is 3. The molecule has 5 nitrogen and oxygen atoms in total. The molecule has 1 aromatic rings. The highest BCUT2D eigenvalue weighted by Crippen LogP contribution is 2.09. The van der Waals surface area contributed by atoms with Gasteiger partial charge >= 0.3 is 6.09 Å². The lowest BCUT2D eigenvalue weighted by molar-refractivity contribution is -0.122. The van der Waals surface area contributed by atoms with Gasteiger partial charge in [0.25, 0.3) is 0 Å². The van der Waals surface area contributed by atoms with Crippen LogP contribution in [0.3, 0.4) is 0 Å². The molecule has 0 spiro atoms.